The summed E-state index contributed by atoms with van der Waals surface area (Å²) in [7, 11) is 0. The van der Waals surface area contributed by atoms with Gasteiger partial charge in [-0.1, -0.05) is 20.3 Å². The van der Waals surface area contributed by atoms with Gasteiger partial charge in [-0.15, -0.1) is 0 Å². The van der Waals surface area contributed by atoms with Gasteiger partial charge < -0.3 is 5.32 Å². The van der Waals surface area contributed by atoms with E-state index >= 15 is 0 Å². The summed E-state index contributed by atoms with van der Waals surface area (Å²) in [5.41, 5.74) is 0. The van der Waals surface area contributed by atoms with E-state index in [1.807, 2.05) is 6.07 Å². The summed E-state index contributed by atoms with van der Waals surface area (Å²) in [6.07, 6.45) is 2.38. The molecule has 0 saturated carbocycles. The van der Waals surface area contributed by atoms with Crippen molar-refractivity contribution in [1.29, 1.82) is 5.26 Å². The smallest absolute Gasteiger partial charge is 0.223 e. The molecule has 0 spiro atoms. The molecule has 0 aromatic carbocycles. The maximum Gasteiger partial charge on any atom is 0.223 e. The summed E-state index contributed by atoms with van der Waals surface area (Å²) in [6.45, 7) is 4.57. The normalized spacial score (nSPS) is 11.8. The zero-order valence-corrected chi connectivity index (χ0v) is 7.76. The fourth-order valence-electron chi connectivity index (χ4n) is 0.792. The van der Waals surface area contributed by atoms with Crippen LogP contribution in [0.5, 0.6) is 0 Å². The van der Waals surface area contributed by atoms with Gasteiger partial charge in [-0.3, -0.25) is 4.79 Å². The molecule has 1 unspecified atom stereocenters. The zero-order chi connectivity index (χ0) is 9.40. The molecule has 1 N–H and O–H groups in total. The van der Waals surface area contributed by atoms with Crippen molar-refractivity contribution in [3.05, 3.63) is 0 Å². The summed E-state index contributed by atoms with van der Waals surface area (Å²) in [4.78, 5) is 11.1. The van der Waals surface area contributed by atoms with Crippen molar-refractivity contribution in [2.24, 2.45) is 5.92 Å². The van der Waals surface area contributed by atoms with E-state index in [2.05, 4.69) is 12.2 Å². The molecule has 0 rings (SSSR count). The molecule has 12 heavy (non-hydrogen) atoms. The second-order valence-electron chi connectivity index (χ2n) is 2.91. The first kappa shape index (κ1) is 11.0. The highest BCUT2D eigenvalue weighted by Crippen LogP contribution is 1.99. The molecule has 0 aromatic rings. The Morgan fingerprint density at radius 3 is 2.83 bits per heavy atom. The van der Waals surface area contributed by atoms with E-state index in [4.69, 9.17) is 5.26 Å². The number of unbranched alkanes of at least 4 members (excludes halogenated alkanes) is 1. The number of hydrogen-bond donors (Lipinski definition) is 1. The van der Waals surface area contributed by atoms with Gasteiger partial charge in [0.2, 0.25) is 5.91 Å². The second-order valence-corrected chi connectivity index (χ2v) is 2.91. The Morgan fingerprint density at radius 2 is 2.33 bits per heavy atom. The van der Waals surface area contributed by atoms with E-state index in [0.717, 1.165) is 19.4 Å². The van der Waals surface area contributed by atoms with Crippen molar-refractivity contribution < 1.29 is 4.79 Å². The molecule has 1 atom stereocenters. The number of hydrogen-bond acceptors (Lipinski definition) is 2. The Bertz CT molecular complexity index is 172. The van der Waals surface area contributed by atoms with Gasteiger partial charge in [0.25, 0.3) is 0 Å². The molecule has 0 aliphatic rings. The van der Waals surface area contributed by atoms with E-state index in [-0.39, 0.29) is 11.8 Å². The van der Waals surface area contributed by atoms with Crippen LogP contribution in [0, 0.1) is 17.2 Å². The molecule has 0 aliphatic carbocycles. The average Bonchev–Trinajstić information content (AvgIpc) is 2.05. The zero-order valence-electron chi connectivity index (χ0n) is 7.76. The quantitative estimate of drug-likeness (QED) is 0.632. The molecular formula is C9H16N2O. The molecule has 0 aromatic heterocycles. The summed E-state index contributed by atoms with van der Waals surface area (Å²) < 4.78 is 0. The van der Waals surface area contributed by atoms with Crippen LogP contribution >= 0.6 is 0 Å². The molecule has 0 radical (unpaired) electrons. The third-order valence-corrected chi connectivity index (χ3v) is 1.67. The lowest BCUT2D eigenvalue weighted by Crippen LogP contribution is -2.29. The van der Waals surface area contributed by atoms with Gasteiger partial charge in [0.1, 0.15) is 0 Å². The Balaban J connectivity index is 3.51. The largest absolute Gasteiger partial charge is 0.356 e. The third kappa shape index (κ3) is 4.73. The summed E-state index contributed by atoms with van der Waals surface area (Å²) in [6, 6.07) is 1.98. The predicted octanol–water partition coefficient (Wildman–Crippen LogP) is 1.45. The van der Waals surface area contributed by atoms with Crippen LogP contribution in [0.4, 0.5) is 0 Å². The van der Waals surface area contributed by atoms with Crippen LogP contribution in [0.25, 0.3) is 0 Å². The standard InChI is InChI=1S/C9H16N2O/c1-3-4-7-11-9(12)8(2)5-6-10/h8H,3-5,7H2,1-2H3,(H,11,12). The highest BCUT2D eigenvalue weighted by molar-refractivity contribution is 5.78. The Kier molecular flexibility index (Phi) is 6.08. The van der Waals surface area contributed by atoms with Gasteiger partial charge in [0.05, 0.1) is 6.07 Å². The Hall–Kier alpha value is -1.04. The number of amides is 1. The molecule has 0 bridgehead atoms. The number of carbonyl (C=O) groups is 1. The van der Waals surface area contributed by atoms with Crippen molar-refractivity contribution in [3.8, 4) is 6.07 Å². The average molecular weight is 168 g/mol. The lowest BCUT2D eigenvalue weighted by atomic mass is 10.1. The molecule has 68 valence electrons. The van der Waals surface area contributed by atoms with Crippen molar-refractivity contribution in [2.75, 3.05) is 6.54 Å². The first-order valence-corrected chi connectivity index (χ1v) is 4.37. The van der Waals surface area contributed by atoms with Crippen LogP contribution in [-0.2, 0) is 4.79 Å². The molecule has 0 aliphatic heterocycles. The van der Waals surface area contributed by atoms with Crippen LogP contribution in [0.15, 0.2) is 0 Å². The maximum atomic E-state index is 11.1. The van der Waals surface area contributed by atoms with Gasteiger partial charge in [0.15, 0.2) is 0 Å². The van der Waals surface area contributed by atoms with E-state index in [9.17, 15) is 4.79 Å². The molecule has 0 fully saturated rings. The third-order valence-electron chi connectivity index (χ3n) is 1.67. The van der Waals surface area contributed by atoms with Crippen molar-refractivity contribution in [3.63, 3.8) is 0 Å². The molecule has 3 nitrogen and oxygen atoms in total. The van der Waals surface area contributed by atoms with Gasteiger partial charge in [-0.25, -0.2) is 0 Å². The summed E-state index contributed by atoms with van der Waals surface area (Å²) >= 11 is 0. The number of rotatable bonds is 5. The van der Waals surface area contributed by atoms with Crippen LogP contribution in [0.3, 0.4) is 0 Å². The minimum Gasteiger partial charge on any atom is -0.356 e. The molecule has 3 heteroatoms. The summed E-state index contributed by atoms with van der Waals surface area (Å²) in [5, 5.41) is 11.1. The van der Waals surface area contributed by atoms with Crippen molar-refractivity contribution in [1.82, 2.24) is 5.32 Å². The minimum absolute atomic E-state index is 0.00926. The highest BCUT2D eigenvalue weighted by Gasteiger charge is 2.10. The van der Waals surface area contributed by atoms with Gasteiger partial charge in [-0.2, -0.15) is 5.26 Å². The summed E-state index contributed by atoms with van der Waals surface area (Å²) in [5.74, 6) is -0.183. The van der Waals surface area contributed by atoms with Gasteiger partial charge in [-0.05, 0) is 6.42 Å². The monoisotopic (exact) mass is 168 g/mol. The minimum atomic E-state index is -0.174. The van der Waals surface area contributed by atoms with Crippen molar-refractivity contribution >= 4 is 5.91 Å². The number of nitrogens with one attached hydrogen (secondary N) is 1. The Labute approximate surface area is 73.8 Å². The second kappa shape index (κ2) is 6.66. The molecule has 0 saturated heterocycles. The first-order chi connectivity index (χ1) is 5.72. The number of nitriles is 1. The van der Waals surface area contributed by atoms with Crippen molar-refractivity contribution in [2.45, 2.75) is 33.1 Å². The van der Waals surface area contributed by atoms with Crippen LogP contribution < -0.4 is 5.32 Å². The fraction of sp³-hybridized carbons (Fsp3) is 0.778. The maximum absolute atomic E-state index is 11.1. The topological polar surface area (TPSA) is 52.9 Å². The number of nitrogens with zero attached hydrogens (tertiary/aromatic N) is 1. The molecule has 0 heterocycles. The van der Waals surface area contributed by atoms with Gasteiger partial charge >= 0.3 is 0 Å². The van der Waals surface area contributed by atoms with E-state index in [1.54, 1.807) is 6.92 Å². The van der Waals surface area contributed by atoms with E-state index in [0.29, 0.717) is 6.42 Å². The lowest BCUT2D eigenvalue weighted by molar-refractivity contribution is -0.124. The predicted molar refractivity (Wildman–Crippen MR) is 47.3 cm³/mol. The highest BCUT2D eigenvalue weighted by atomic mass is 16.1. The first-order valence-electron chi connectivity index (χ1n) is 4.37. The Morgan fingerprint density at radius 1 is 1.67 bits per heavy atom. The van der Waals surface area contributed by atoms with Crippen LogP contribution in [-0.4, -0.2) is 12.5 Å². The molecule has 1 amide bonds. The SMILES string of the molecule is CCCCNC(=O)C(C)CC#N. The van der Waals surface area contributed by atoms with E-state index < -0.39 is 0 Å². The van der Waals surface area contributed by atoms with Crippen LogP contribution in [0.2, 0.25) is 0 Å². The lowest BCUT2D eigenvalue weighted by Gasteiger charge is -2.07. The number of carbonyl (C=O) groups excluding carboxylic acids is 1. The van der Waals surface area contributed by atoms with Gasteiger partial charge in [0, 0.05) is 18.9 Å². The molecular weight excluding hydrogens is 152 g/mol. The van der Waals surface area contributed by atoms with E-state index in [1.165, 1.54) is 0 Å². The fourth-order valence-corrected chi connectivity index (χ4v) is 0.792. The van der Waals surface area contributed by atoms with Crippen LogP contribution in [0.1, 0.15) is 33.1 Å².